The second-order valence-corrected chi connectivity index (χ2v) is 9.65. The van der Waals surface area contributed by atoms with Crippen LogP contribution in [-0.2, 0) is 4.79 Å². The number of benzene rings is 2. The molecule has 1 aliphatic carbocycles. The number of carbonyl (C=O) groups excluding carboxylic acids is 2. The third-order valence-corrected chi connectivity index (χ3v) is 7.29. The summed E-state index contributed by atoms with van der Waals surface area (Å²) < 4.78 is 5.32. The van der Waals surface area contributed by atoms with Gasteiger partial charge in [-0.15, -0.1) is 0 Å². The summed E-state index contributed by atoms with van der Waals surface area (Å²) in [5.74, 6) is 0.908. The highest BCUT2D eigenvalue weighted by molar-refractivity contribution is 5.91. The molecule has 3 atom stereocenters. The summed E-state index contributed by atoms with van der Waals surface area (Å²) >= 11 is 0. The lowest BCUT2D eigenvalue weighted by atomic mass is 9.87. The van der Waals surface area contributed by atoms with Gasteiger partial charge in [0.1, 0.15) is 5.75 Å². The number of piperazine rings is 1. The van der Waals surface area contributed by atoms with Gasteiger partial charge in [0.25, 0.3) is 0 Å². The molecule has 34 heavy (non-hydrogen) atoms. The van der Waals surface area contributed by atoms with E-state index in [4.69, 9.17) is 4.74 Å². The van der Waals surface area contributed by atoms with Crippen LogP contribution in [0.2, 0.25) is 0 Å². The van der Waals surface area contributed by atoms with E-state index >= 15 is 0 Å². The number of hydrogen-bond acceptors (Lipinski definition) is 4. The van der Waals surface area contributed by atoms with Crippen molar-refractivity contribution in [2.45, 2.75) is 38.6 Å². The number of nitrogens with zero attached hydrogens (tertiary/aromatic N) is 2. The molecule has 7 nitrogen and oxygen atoms in total. The van der Waals surface area contributed by atoms with Crippen molar-refractivity contribution in [3.05, 3.63) is 59.2 Å². The lowest BCUT2D eigenvalue weighted by Crippen LogP contribution is -2.49. The molecule has 3 amide bonds. The van der Waals surface area contributed by atoms with Gasteiger partial charge in [0, 0.05) is 43.8 Å². The van der Waals surface area contributed by atoms with E-state index < -0.39 is 0 Å². The van der Waals surface area contributed by atoms with Gasteiger partial charge in [-0.05, 0) is 68.5 Å². The summed E-state index contributed by atoms with van der Waals surface area (Å²) in [5.41, 5.74) is 4.02. The van der Waals surface area contributed by atoms with E-state index in [1.54, 1.807) is 7.11 Å². The van der Waals surface area contributed by atoms with Gasteiger partial charge in [-0.25, -0.2) is 4.79 Å². The van der Waals surface area contributed by atoms with Crippen LogP contribution in [0.25, 0.3) is 0 Å². The molecule has 0 radical (unpaired) electrons. The minimum atomic E-state index is -0.219. The Morgan fingerprint density at radius 1 is 0.941 bits per heavy atom. The second-order valence-electron chi connectivity index (χ2n) is 9.65. The second kappa shape index (κ2) is 10.5. The van der Waals surface area contributed by atoms with Crippen LogP contribution in [0.4, 0.5) is 10.5 Å². The Morgan fingerprint density at radius 3 is 2.21 bits per heavy atom. The first-order chi connectivity index (χ1) is 16.4. The van der Waals surface area contributed by atoms with Crippen LogP contribution in [0.3, 0.4) is 0 Å². The Balaban J connectivity index is 1.49. The van der Waals surface area contributed by atoms with Crippen LogP contribution < -0.4 is 15.4 Å². The van der Waals surface area contributed by atoms with Crippen molar-refractivity contribution in [1.29, 1.82) is 0 Å². The predicted octanol–water partition coefficient (Wildman–Crippen LogP) is 3.77. The summed E-state index contributed by atoms with van der Waals surface area (Å²) in [5, 5.41) is 6.17. The SMILES string of the molecule is COc1ccc([C@H]2C[C@H](NC(=O)Nc3c(C)cccc3C)C[C@@H]2C(=O)N2CCN(C)CC2)cc1. The number of anilines is 1. The molecule has 2 aliphatic rings. The molecular weight excluding hydrogens is 428 g/mol. The molecule has 2 aromatic carbocycles. The molecule has 2 N–H and O–H groups in total. The van der Waals surface area contributed by atoms with Gasteiger partial charge in [0.2, 0.25) is 5.91 Å². The minimum absolute atomic E-state index is 0.0589. The molecular formula is C27H36N4O3. The first-order valence-corrected chi connectivity index (χ1v) is 12.1. The Labute approximate surface area is 202 Å². The van der Waals surface area contributed by atoms with Gasteiger partial charge in [0.05, 0.1) is 7.11 Å². The van der Waals surface area contributed by atoms with Crippen LogP contribution in [0.1, 0.15) is 35.4 Å². The average Bonchev–Trinajstić information content (AvgIpc) is 3.25. The van der Waals surface area contributed by atoms with Gasteiger partial charge in [-0.2, -0.15) is 0 Å². The molecule has 1 saturated heterocycles. The zero-order valence-electron chi connectivity index (χ0n) is 20.6. The van der Waals surface area contributed by atoms with Gasteiger partial charge in [-0.1, -0.05) is 30.3 Å². The number of carbonyl (C=O) groups is 2. The monoisotopic (exact) mass is 464 g/mol. The standard InChI is InChI=1S/C27H36N4O3/c1-18-6-5-7-19(2)25(18)29-27(33)28-21-16-23(20-8-10-22(34-4)11-9-20)24(17-21)26(32)31-14-12-30(3)13-15-31/h5-11,21,23-24H,12-17H2,1-4H3,(H2,28,29,33)/t21-,23+,24-/m0/s1. The van der Waals surface area contributed by atoms with Crippen LogP contribution in [0.5, 0.6) is 5.75 Å². The van der Waals surface area contributed by atoms with Crippen LogP contribution in [-0.4, -0.2) is 68.1 Å². The maximum Gasteiger partial charge on any atom is 0.319 e. The first kappa shape index (κ1) is 24.1. The van der Waals surface area contributed by atoms with Crippen molar-refractivity contribution in [3.63, 3.8) is 0 Å². The summed E-state index contributed by atoms with van der Waals surface area (Å²) in [7, 11) is 3.74. The Morgan fingerprint density at radius 2 is 1.59 bits per heavy atom. The molecule has 1 aliphatic heterocycles. The quantitative estimate of drug-likeness (QED) is 0.707. The van der Waals surface area contributed by atoms with Gasteiger partial charge >= 0.3 is 6.03 Å². The first-order valence-electron chi connectivity index (χ1n) is 12.1. The lowest BCUT2D eigenvalue weighted by Gasteiger charge is -2.35. The molecule has 0 bridgehead atoms. The smallest absolute Gasteiger partial charge is 0.319 e. The largest absolute Gasteiger partial charge is 0.497 e. The Bertz CT molecular complexity index is 995. The summed E-state index contributed by atoms with van der Waals surface area (Å²) in [6.07, 6.45) is 1.37. The highest BCUT2D eigenvalue weighted by Gasteiger charge is 2.42. The molecule has 2 fully saturated rings. The molecule has 4 rings (SSSR count). The van der Waals surface area contributed by atoms with Crippen molar-refractivity contribution in [1.82, 2.24) is 15.1 Å². The van der Waals surface area contributed by atoms with Crippen LogP contribution in [0.15, 0.2) is 42.5 Å². The van der Waals surface area contributed by atoms with Crippen LogP contribution >= 0.6 is 0 Å². The molecule has 182 valence electrons. The van der Waals surface area contributed by atoms with E-state index in [1.165, 1.54) is 0 Å². The fourth-order valence-electron chi connectivity index (χ4n) is 5.26. The number of likely N-dealkylation sites (N-methyl/N-ethyl adjacent to an activating group) is 1. The zero-order chi connectivity index (χ0) is 24.2. The third kappa shape index (κ3) is 5.36. The van der Waals surface area contributed by atoms with Crippen molar-refractivity contribution in [2.75, 3.05) is 45.7 Å². The fraction of sp³-hybridized carbons (Fsp3) is 0.481. The molecule has 1 heterocycles. The van der Waals surface area contributed by atoms with E-state index in [9.17, 15) is 9.59 Å². The minimum Gasteiger partial charge on any atom is -0.497 e. The average molecular weight is 465 g/mol. The summed E-state index contributed by atoms with van der Waals surface area (Å²) in [6.45, 7) is 7.28. The van der Waals surface area contributed by atoms with Gasteiger partial charge in [-0.3, -0.25) is 4.79 Å². The number of aryl methyl sites for hydroxylation is 2. The number of rotatable bonds is 5. The number of methoxy groups -OCH3 is 1. The van der Waals surface area contributed by atoms with Crippen molar-refractivity contribution in [2.24, 2.45) is 5.92 Å². The van der Waals surface area contributed by atoms with Gasteiger partial charge in [0.15, 0.2) is 0 Å². The maximum atomic E-state index is 13.6. The molecule has 2 aromatic rings. The topological polar surface area (TPSA) is 73.9 Å². The van der Waals surface area contributed by atoms with E-state index in [0.29, 0.717) is 6.42 Å². The number of urea groups is 1. The summed E-state index contributed by atoms with van der Waals surface area (Å²) in [6, 6.07) is 13.7. The number of nitrogens with one attached hydrogen (secondary N) is 2. The van der Waals surface area contributed by atoms with Crippen molar-refractivity contribution < 1.29 is 14.3 Å². The maximum absolute atomic E-state index is 13.6. The lowest BCUT2D eigenvalue weighted by molar-refractivity contribution is -0.137. The van der Waals surface area contributed by atoms with E-state index in [0.717, 1.165) is 60.7 Å². The van der Waals surface area contributed by atoms with Crippen LogP contribution in [0, 0.1) is 19.8 Å². The molecule has 0 aromatic heterocycles. The van der Waals surface area contributed by atoms with Crippen molar-refractivity contribution in [3.8, 4) is 5.75 Å². The zero-order valence-corrected chi connectivity index (χ0v) is 20.6. The molecule has 7 heteroatoms. The fourth-order valence-corrected chi connectivity index (χ4v) is 5.26. The van der Waals surface area contributed by atoms with E-state index in [-0.39, 0.29) is 29.8 Å². The number of ether oxygens (including phenoxy) is 1. The van der Waals surface area contributed by atoms with E-state index in [2.05, 4.69) is 22.6 Å². The van der Waals surface area contributed by atoms with Gasteiger partial charge < -0.3 is 25.2 Å². The third-order valence-electron chi connectivity index (χ3n) is 7.29. The molecule has 0 spiro atoms. The number of amides is 3. The molecule has 0 unspecified atom stereocenters. The summed E-state index contributed by atoms with van der Waals surface area (Å²) in [4.78, 5) is 30.7. The number of para-hydroxylation sites is 1. The predicted molar refractivity (Wildman–Crippen MR) is 134 cm³/mol. The van der Waals surface area contributed by atoms with Crippen molar-refractivity contribution >= 4 is 17.6 Å². The number of hydrogen-bond donors (Lipinski definition) is 2. The Hall–Kier alpha value is -3.06. The van der Waals surface area contributed by atoms with E-state index in [1.807, 2.05) is 61.2 Å². The highest BCUT2D eigenvalue weighted by atomic mass is 16.5. The normalized spacial score (nSPS) is 22.9. The molecule has 1 saturated carbocycles. The Kier molecular flexibility index (Phi) is 7.41. The highest BCUT2D eigenvalue weighted by Crippen LogP contribution is 2.41.